The number of nitrogens with zero attached hydrogens (tertiary/aromatic N) is 3. The van der Waals surface area contributed by atoms with Crippen molar-refractivity contribution in [1.29, 1.82) is 5.26 Å². The van der Waals surface area contributed by atoms with Crippen molar-refractivity contribution >= 4 is 45.5 Å². The average Bonchev–Trinajstić information content (AvgIpc) is 3.51. The van der Waals surface area contributed by atoms with Gasteiger partial charge < -0.3 is 29.7 Å². The lowest BCUT2D eigenvalue weighted by Gasteiger charge is -2.19. The molecule has 2 heterocycles. The summed E-state index contributed by atoms with van der Waals surface area (Å²) in [5, 5.41) is 17.3. The second-order valence-corrected chi connectivity index (χ2v) is 10.7. The van der Waals surface area contributed by atoms with E-state index in [-0.39, 0.29) is 12.0 Å². The van der Waals surface area contributed by atoms with E-state index >= 15 is 0 Å². The third kappa shape index (κ3) is 7.62. The standard InChI is InChI=1S/C33H32ClN5O4/c1-39(2)15-6-9-30(40)38-33-29(43-25-14-16-41-21-25)13-11-26-31(23(18-35)19-36-32(26)33)37-24-10-12-28(27(34)17-24)42-20-22-7-4-3-5-8-22/h3-13,17,19,25H,14-16,20-21H2,1-2H3,(H,36,37)(H,38,40)/b9-6+/t25-/m0/s1. The van der Waals surface area contributed by atoms with Gasteiger partial charge in [0.25, 0.3) is 0 Å². The van der Waals surface area contributed by atoms with Crippen molar-refractivity contribution < 1.29 is 19.0 Å². The summed E-state index contributed by atoms with van der Waals surface area (Å²) >= 11 is 6.57. The number of ether oxygens (including phenoxy) is 3. The van der Waals surface area contributed by atoms with Gasteiger partial charge in [-0.1, -0.05) is 48.0 Å². The molecule has 1 atom stereocenters. The van der Waals surface area contributed by atoms with E-state index in [0.717, 1.165) is 12.0 Å². The van der Waals surface area contributed by atoms with E-state index in [1.807, 2.05) is 61.5 Å². The van der Waals surface area contributed by atoms with Gasteiger partial charge in [-0.25, -0.2) is 0 Å². The second-order valence-electron chi connectivity index (χ2n) is 10.3. The van der Waals surface area contributed by atoms with E-state index in [1.54, 1.807) is 24.3 Å². The molecule has 1 aromatic heterocycles. The Morgan fingerprint density at radius 2 is 1.98 bits per heavy atom. The first-order valence-corrected chi connectivity index (χ1v) is 14.2. The van der Waals surface area contributed by atoms with Crippen LogP contribution < -0.4 is 20.1 Å². The molecule has 0 radical (unpaired) electrons. The number of amides is 1. The number of aromatic nitrogens is 1. The summed E-state index contributed by atoms with van der Waals surface area (Å²) in [5.41, 5.74) is 3.43. The molecule has 43 heavy (non-hydrogen) atoms. The Morgan fingerprint density at radius 1 is 1.16 bits per heavy atom. The molecule has 9 nitrogen and oxygen atoms in total. The number of nitriles is 1. The van der Waals surface area contributed by atoms with E-state index in [2.05, 4.69) is 21.7 Å². The fraction of sp³-hybridized carbons (Fsp3) is 0.242. The highest BCUT2D eigenvalue weighted by Gasteiger charge is 2.22. The van der Waals surface area contributed by atoms with Gasteiger partial charge in [-0.3, -0.25) is 9.78 Å². The Morgan fingerprint density at radius 3 is 2.70 bits per heavy atom. The van der Waals surface area contributed by atoms with E-state index < -0.39 is 0 Å². The number of likely N-dealkylation sites (N-methyl/N-ethyl adjacent to an activating group) is 1. The van der Waals surface area contributed by atoms with Gasteiger partial charge in [0, 0.05) is 36.3 Å². The third-order valence-corrected chi connectivity index (χ3v) is 7.02. The van der Waals surface area contributed by atoms with Gasteiger partial charge in [-0.05, 0) is 50.0 Å². The predicted molar refractivity (Wildman–Crippen MR) is 168 cm³/mol. The number of rotatable bonds is 11. The van der Waals surface area contributed by atoms with Gasteiger partial charge in [-0.15, -0.1) is 0 Å². The van der Waals surface area contributed by atoms with E-state index in [9.17, 15) is 10.1 Å². The summed E-state index contributed by atoms with van der Waals surface area (Å²) in [6.07, 6.45) is 5.33. The number of carbonyl (C=O) groups excluding carboxylic acids is 1. The molecule has 0 unspecified atom stereocenters. The third-order valence-electron chi connectivity index (χ3n) is 6.73. The van der Waals surface area contributed by atoms with Crippen LogP contribution in [0.1, 0.15) is 17.5 Å². The number of benzene rings is 3. The SMILES string of the molecule is CN(C)C/C=C/C(=O)Nc1c(O[C@H]2CCOC2)ccc2c(Nc3ccc(OCc4ccccc4)c(Cl)c3)c(C#N)cnc12. The summed E-state index contributed by atoms with van der Waals surface area (Å²) in [5.74, 6) is 0.699. The molecule has 0 spiro atoms. The normalized spacial score (nSPS) is 14.6. The zero-order chi connectivity index (χ0) is 30.2. The minimum absolute atomic E-state index is 0.141. The monoisotopic (exact) mass is 597 g/mol. The molecule has 0 aliphatic carbocycles. The number of hydrogen-bond acceptors (Lipinski definition) is 8. The zero-order valence-electron chi connectivity index (χ0n) is 24.0. The quantitative estimate of drug-likeness (QED) is 0.194. The van der Waals surface area contributed by atoms with Crippen LogP contribution in [0.4, 0.5) is 17.1 Å². The number of halogens is 1. The topological polar surface area (TPSA) is 109 Å². The van der Waals surface area contributed by atoms with Crippen molar-refractivity contribution in [3.8, 4) is 17.6 Å². The molecule has 0 bridgehead atoms. The van der Waals surface area contributed by atoms with Crippen molar-refractivity contribution in [3.63, 3.8) is 0 Å². The first kappa shape index (κ1) is 29.9. The van der Waals surface area contributed by atoms with Crippen LogP contribution in [0.5, 0.6) is 11.5 Å². The Bertz CT molecular complexity index is 1660. The highest BCUT2D eigenvalue weighted by molar-refractivity contribution is 6.32. The molecule has 4 aromatic rings. The van der Waals surface area contributed by atoms with Gasteiger partial charge in [-0.2, -0.15) is 5.26 Å². The fourth-order valence-corrected chi connectivity index (χ4v) is 4.82. The van der Waals surface area contributed by atoms with Gasteiger partial charge in [0.2, 0.25) is 5.91 Å². The van der Waals surface area contributed by atoms with Crippen molar-refractivity contribution in [2.24, 2.45) is 0 Å². The molecule has 10 heteroatoms. The summed E-state index contributed by atoms with van der Waals surface area (Å²) in [6.45, 7) is 2.08. The number of pyridine rings is 1. The van der Waals surface area contributed by atoms with Crippen LogP contribution >= 0.6 is 11.6 Å². The maximum atomic E-state index is 12.9. The first-order valence-electron chi connectivity index (χ1n) is 13.9. The molecule has 1 aliphatic heterocycles. The lowest BCUT2D eigenvalue weighted by atomic mass is 10.1. The molecule has 1 aliphatic rings. The van der Waals surface area contributed by atoms with Crippen molar-refractivity contribution in [1.82, 2.24) is 9.88 Å². The highest BCUT2D eigenvalue weighted by atomic mass is 35.5. The maximum Gasteiger partial charge on any atom is 0.248 e. The Labute approximate surface area is 255 Å². The van der Waals surface area contributed by atoms with Crippen LogP contribution in [0, 0.1) is 11.3 Å². The van der Waals surface area contributed by atoms with Crippen LogP contribution in [-0.2, 0) is 16.1 Å². The number of carbonyl (C=O) groups is 1. The van der Waals surface area contributed by atoms with E-state index in [0.29, 0.717) is 76.4 Å². The Balaban J connectivity index is 1.46. The summed E-state index contributed by atoms with van der Waals surface area (Å²) < 4.78 is 17.6. The summed E-state index contributed by atoms with van der Waals surface area (Å²) in [4.78, 5) is 19.4. The smallest absolute Gasteiger partial charge is 0.248 e. The maximum absolute atomic E-state index is 12.9. The minimum atomic E-state index is -0.319. The van der Waals surface area contributed by atoms with Crippen LogP contribution in [-0.4, -0.2) is 55.7 Å². The predicted octanol–water partition coefficient (Wildman–Crippen LogP) is 6.31. The molecule has 5 rings (SSSR count). The van der Waals surface area contributed by atoms with Crippen LogP contribution in [0.2, 0.25) is 5.02 Å². The van der Waals surface area contributed by atoms with Gasteiger partial charge in [0.15, 0.2) is 0 Å². The van der Waals surface area contributed by atoms with Crippen molar-refractivity contribution in [2.45, 2.75) is 19.1 Å². The van der Waals surface area contributed by atoms with Crippen molar-refractivity contribution in [2.75, 3.05) is 44.5 Å². The number of fused-ring (bicyclic) bond motifs is 1. The Kier molecular flexibility index (Phi) is 9.74. The van der Waals surface area contributed by atoms with Crippen LogP contribution in [0.25, 0.3) is 10.9 Å². The minimum Gasteiger partial charge on any atom is -0.487 e. The molecule has 3 aromatic carbocycles. The van der Waals surface area contributed by atoms with Gasteiger partial charge >= 0.3 is 0 Å². The molecule has 2 N–H and O–H groups in total. The molecule has 0 saturated carbocycles. The lowest BCUT2D eigenvalue weighted by molar-refractivity contribution is -0.111. The fourth-order valence-electron chi connectivity index (χ4n) is 4.58. The number of nitrogens with one attached hydrogen (secondary N) is 2. The van der Waals surface area contributed by atoms with Crippen LogP contribution in [0.15, 0.2) is 79.0 Å². The second kappa shape index (κ2) is 14.0. The van der Waals surface area contributed by atoms with Crippen molar-refractivity contribution in [3.05, 3.63) is 95.2 Å². The Hall–Kier alpha value is -4.62. The largest absolute Gasteiger partial charge is 0.487 e. The van der Waals surface area contributed by atoms with Crippen LogP contribution in [0.3, 0.4) is 0 Å². The molecular weight excluding hydrogens is 566 g/mol. The first-order chi connectivity index (χ1) is 20.9. The van der Waals surface area contributed by atoms with Gasteiger partial charge in [0.1, 0.15) is 36.0 Å². The number of anilines is 3. The molecule has 1 fully saturated rings. The summed E-state index contributed by atoms with van der Waals surface area (Å²) in [7, 11) is 3.85. The molecule has 1 amide bonds. The molecule has 1 saturated heterocycles. The average molecular weight is 598 g/mol. The van der Waals surface area contributed by atoms with Gasteiger partial charge in [0.05, 0.1) is 35.0 Å². The van der Waals surface area contributed by atoms with E-state index in [4.69, 9.17) is 25.8 Å². The summed E-state index contributed by atoms with van der Waals surface area (Å²) in [6, 6.07) is 21.0. The number of hydrogen-bond donors (Lipinski definition) is 2. The molecular formula is C33H32ClN5O4. The molecule has 220 valence electrons. The zero-order valence-corrected chi connectivity index (χ0v) is 24.7. The van der Waals surface area contributed by atoms with E-state index in [1.165, 1.54) is 12.3 Å². The lowest BCUT2D eigenvalue weighted by Crippen LogP contribution is -2.18. The highest BCUT2D eigenvalue weighted by Crippen LogP contribution is 2.39.